The molecule has 7 nitrogen and oxygen atoms in total. The number of thiazole rings is 1. The third kappa shape index (κ3) is 3.86. The molecule has 32 heavy (non-hydrogen) atoms. The Hall–Kier alpha value is -3.26. The quantitative estimate of drug-likeness (QED) is 0.486. The molecule has 0 radical (unpaired) electrons. The number of carbonyl (C=O) groups is 1. The summed E-state index contributed by atoms with van der Waals surface area (Å²) in [6, 6.07) is 9.82. The second-order valence-corrected chi connectivity index (χ2v) is 9.09. The molecule has 164 valence electrons. The first-order valence-corrected chi connectivity index (χ1v) is 11.8. The molecule has 1 amide bonds. The van der Waals surface area contributed by atoms with Crippen molar-refractivity contribution in [1.29, 1.82) is 0 Å². The fraction of sp³-hybridized carbons (Fsp3) is 0.333. The fourth-order valence-electron chi connectivity index (χ4n) is 4.37. The average molecular weight is 447 g/mol. The number of hydrogen-bond donors (Lipinski definition) is 1. The van der Waals surface area contributed by atoms with Crippen molar-refractivity contribution in [3.8, 4) is 11.1 Å². The average Bonchev–Trinajstić information content (AvgIpc) is 3.56. The maximum atomic E-state index is 13.0. The van der Waals surface area contributed by atoms with Gasteiger partial charge in [0.25, 0.3) is 0 Å². The molecule has 3 aromatic heterocycles. The van der Waals surface area contributed by atoms with Gasteiger partial charge < -0.3 is 10.2 Å². The zero-order valence-electron chi connectivity index (χ0n) is 18.3. The zero-order valence-corrected chi connectivity index (χ0v) is 19.1. The number of rotatable bonds is 6. The molecule has 1 fully saturated rings. The summed E-state index contributed by atoms with van der Waals surface area (Å²) in [4.78, 5) is 24.6. The molecule has 1 aliphatic rings. The first kappa shape index (κ1) is 20.6. The highest BCUT2D eigenvalue weighted by atomic mass is 32.1. The van der Waals surface area contributed by atoms with Crippen LogP contribution < -0.4 is 10.2 Å². The second kappa shape index (κ2) is 8.70. The van der Waals surface area contributed by atoms with Gasteiger partial charge in [0.05, 0.1) is 10.9 Å². The first-order chi connectivity index (χ1) is 15.6. The molecule has 1 N–H and O–H groups in total. The lowest BCUT2D eigenvalue weighted by Gasteiger charge is -2.23. The van der Waals surface area contributed by atoms with Gasteiger partial charge in [-0.05, 0) is 30.4 Å². The van der Waals surface area contributed by atoms with Crippen LogP contribution in [0.25, 0.3) is 21.5 Å². The Morgan fingerprint density at radius 2 is 2.09 bits per heavy atom. The molecule has 0 spiro atoms. The maximum Gasteiger partial charge on any atom is 0.243 e. The summed E-state index contributed by atoms with van der Waals surface area (Å²) in [6.45, 7) is 3.53. The molecule has 0 unspecified atom stereocenters. The van der Waals surface area contributed by atoms with E-state index in [2.05, 4.69) is 27.2 Å². The highest BCUT2D eigenvalue weighted by molar-refractivity contribution is 7.22. The van der Waals surface area contributed by atoms with E-state index < -0.39 is 0 Å². The van der Waals surface area contributed by atoms with E-state index in [9.17, 15) is 4.79 Å². The van der Waals surface area contributed by atoms with Gasteiger partial charge in [0.2, 0.25) is 5.91 Å². The smallest absolute Gasteiger partial charge is 0.243 e. The van der Waals surface area contributed by atoms with E-state index >= 15 is 0 Å². The minimum Gasteiger partial charge on any atom is -0.350 e. The van der Waals surface area contributed by atoms with Crippen molar-refractivity contribution in [2.24, 2.45) is 7.05 Å². The molecule has 0 aliphatic carbocycles. The van der Waals surface area contributed by atoms with Crippen molar-refractivity contribution < 1.29 is 4.79 Å². The standard InChI is InChI=1S/C24H26N6OS/c1-3-18-19(17-13-27-29(2)15-17)14-25-22-21(18)32-24(28-22)30-11-7-10-20(30)23(31)26-12-16-8-5-4-6-9-16/h4-6,8-9,13-15,20H,3,7,10-12H2,1-2H3,(H,26,31)/t20-/m1/s1. The molecule has 1 atom stereocenters. The summed E-state index contributed by atoms with van der Waals surface area (Å²) in [7, 11) is 1.92. The molecule has 4 heterocycles. The number of fused-ring (bicyclic) bond motifs is 1. The number of aryl methyl sites for hydroxylation is 2. The van der Waals surface area contributed by atoms with Crippen molar-refractivity contribution in [1.82, 2.24) is 25.1 Å². The van der Waals surface area contributed by atoms with Crippen LogP contribution in [0.4, 0.5) is 5.13 Å². The van der Waals surface area contributed by atoms with Crippen LogP contribution in [0.2, 0.25) is 0 Å². The Labute approximate surface area is 191 Å². The third-order valence-electron chi connectivity index (χ3n) is 5.99. The zero-order chi connectivity index (χ0) is 22.1. The molecule has 0 bridgehead atoms. The third-order valence-corrected chi connectivity index (χ3v) is 7.13. The van der Waals surface area contributed by atoms with Gasteiger partial charge in [-0.2, -0.15) is 10.1 Å². The first-order valence-electron chi connectivity index (χ1n) is 11.0. The van der Waals surface area contributed by atoms with Gasteiger partial charge in [-0.3, -0.25) is 9.48 Å². The van der Waals surface area contributed by atoms with E-state index in [-0.39, 0.29) is 11.9 Å². The van der Waals surface area contributed by atoms with E-state index in [0.29, 0.717) is 6.54 Å². The molecule has 5 rings (SSSR count). The van der Waals surface area contributed by atoms with Crippen LogP contribution in [-0.4, -0.2) is 38.2 Å². The Morgan fingerprint density at radius 3 is 2.84 bits per heavy atom. The Morgan fingerprint density at radius 1 is 1.25 bits per heavy atom. The van der Waals surface area contributed by atoms with Gasteiger partial charge >= 0.3 is 0 Å². The van der Waals surface area contributed by atoms with Crippen LogP contribution in [0.5, 0.6) is 0 Å². The predicted molar refractivity (Wildman–Crippen MR) is 128 cm³/mol. The second-order valence-electron chi connectivity index (χ2n) is 8.11. The summed E-state index contributed by atoms with van der Waals surface area (Å²) in [6.07, 6.45) is 8.48. The van der Waals surface area contributed by atoms with Crippen LogP contribution in [0.1, 0.15) is 30.9 Å². The van der Waals surface area contributed by atoms with Crippen LogP contribution in [0.15, 0.2) is 48.9 Å². The molecule has 1 saturated heterocycles. The van der Waals surface area contributed by atoms with Gasteiger partial charge in [0, 0.05) is 43.7 Å². The fourth-order valence-corrected chi connectivity index (χ4v) is 5.58. The highest BCUT2D eigenvalue weighted by Crippen LogP contribution is 2.37. The lowest BCUT2D eigenvalue weighted by molar-refractivity contribution is -0.122. The Bertz CT molecular complexity index is 1250. The van der Waals surface area contributed by atoms with Gasteiger partial charge in [-0.15, -0.1) is 0 Å². The van der Waals surface area contributed by atoms with E-state index in [1.54, 1.807) is 16.0 Å². The van der Waals surface area contributed by atoms with Crippen LogP contribution in [0, 0.1) is 0 Å². The summed E-state index contributed by atoms with van der Waals surface area (Å²) in [5.74, 6) is 0.0605. The topological polar surface area (TPSA) is 75.9 Å². The van der Waals surface area contributed by atoms with Crippen molar-refractivity contribution >= 4 is 32.7 Å². The number of amides is 1. The van der Waals surface area contributed by atoms with Crippen molar-refractivity contribution in [3.05, 3.63) is 60.0 Å². The summed E-state index contributed by atoms with van der Waals surface area (Å²) in [5, 5.41) is 8.29. The number of hydrogen-bond acceptors (Lipinski definition) is 6. The molecule has 4 aromatic rings. The highest BCUT2D eigenvalue weighted by Gasteiger charge is 2.33. The van der Waals surface area contributed by atoms with Crippen molar-refractivity contribution in [2.45, 2.75) is 38.8 Å². The summed E-state index contributed by atoms with van der Waals surface area (Å²) >= 11 is 1.64. The van der Waals surface area contributed by atoms with E-state index in [1.165, 1.54) is 5.56 Å². The van der Waals surface area contributed by atoms with Crippen LogP contribution in [0.3, 0.4) is 0 Å². The molecule has 8 heteroatoms. The summed E-state index contributed by atoms with van der Waals surface area (Å²) < 4.78 is 2.90. The van der Waals surface area contributed by atoms with E-state index in [4.69, 9.17) is 4.98 Å². The number of carbonyl (C=O) groups excluding carboxylic acids is 1. The molecule has 1 aliphatic heterocycles. The normalized spacial score (nSPS) is 16.1. The van der Waals surface area contributed by atoms with E-state index in [1.807, 2.05) is 56.0 Å². The number of aromatic nitrogens is 4. The lowest BCUT2D eigenvalue weighted by Crippen LogP contribution is -2.43. The minimum absolute atomic E-state index is 0.0605. The number of anilines is 1. The largest absolute Gasteiger partial charge is 0.350 e. The van der Waals surface area contributed by atoms with Crippen LogP contribution >= 0.6 is 11.3 Å². The monoisotopic (exact) mass is 446 g/mol. The van der Waals surface area contributed by atoms with Gasteiger partial charge in [0.15, 0.2) is 10.8 Å². The van der Waals surface area contributed by atoms with Crippen molar-refractivity contribution in [2.75, 3.05) is 11.4 Å². The number of benzene rings is 1. The number of nitrogens with one attached hydrogen (secondary N) is 1. The number of nitrogens with zero attached hydrogens (tertiary/aromatic N) is 5. The van der Waals surface area contributed by atoms with Crippen LogP contribution in [-0.2, 0) is 24.8 Å². The minimum atomic E-state index is -0.192. The van der Waals surface area contributed by atoms with Crippen molar-refractivity contribution in [3.63, 3.8) is 0 Å². The number of pyridine rings is 1. The SMILES string of the molecule is CCc1c(-c2cnn(C)c2)cnc2nc(N3CCC[C@@H]3C(=O)NCc3ccccc3)sc12. The molecular weight excluding hydrogens is 420 g/mol. The van der Waals surface area contributed by atoms with Gasteiger partial charge in [-0.25, -0.2) is 4.98 Å². The predicted octanol–water partition coefficient (Wildman–Crippen LogP) is 3.94. The Kier molecular flexibility index (Phi) is 5.61. The Balaban J connectivity index is 1.41. The molecular formula is C24H26N6OS. The van der Waals surface area contributed by atoms with E-state index in [0.717, 1.165) is 58.0 Å². The molecule has 0 saturated carbocycles. The van der Waals surface area contributed by atoms with Gasteiger partial charge in [0.1, 0.15) is 6.04 Å². The summed E-state index contributed by atoms with van der Waals surface area (Å²) in [5.41, 5.74) is 5.25. The maximum absolute atomic E-state index is 13.0. The lowest BCUT2D eigenvalue weighted by atomic mass is 10.0. The van der Waals surface area contributed by atoms with Gasteiger partial charge in [-0.1, -0.05) is 48.6 Å². The molecule has 1 aromatic carbocycles.